The van der Waals surface area contributed by atoms with Crippen molar-refractivity contribution in [2.75, 3.05) is 0 Å². The lowest BCUT2D eigenvalue weighted by Crippen LogP contribution is -2.37. The van der Waals surface area contributed by atoms with Crippen LogP contribution >= 0.6 is 0 Å². The molecule has 1 heterocycles. The highest BCUT2D eigenvalue weighted by Crippen LogP contribution is 2.50. The molecule has 2 rings (SSSR count). The number of hydrogen-bond acceptors (Lipinski definition) is 1. The van der Waals surface area contributed by atoms with Gasteiger partial charge in [-0.25, -0.2) is 0 Å². The second kappa shape index (κ2) is 2.76. The van der Waals surface area contributed by atoms with Crippen molar-refractivity contribution in [1.29, 1.82) is 0 Å². The van der Waals surface area contributed by atoms with Crippen molar-refractivity contribution in [1.82, 2.24) is 0 Å². The standard InChI is InChI=1S/C10H17BO/c1-3-10-6-4-5-8(7(10)2)9(11)12-10/h7-9H,3-6H2,1-2H3. The van der Waals surface area contributed by atoms with Gasteiger partial charge < -0.3 is 4.74 Å². The van der Waals surface area contributed by atoms with Crippen LogP contribution in [-0.4, -0.2) is 19.5 Å². The van der Waals surface area contributed by atoms with Crippen LogP contribution in [0.15, 0.2) is 0 Å². The van der Waals surface area contributed by atoms with Gasteiger partial charge in [0.05, 0.1) is 5.60 Å². The Kier molecular flexibility index (Phi) is 1.98. The molecule has 0 spiro atoms. The Hall–Kier alpha value is 0.0249. The molecule has 66 valence electrons. The molecule has 0 amide bonds. The predicted octanol–water partition coefficient (Wildman–Crippen LogP) is 2.10. The Morgan fingerprint density at radius 2 is 2.33 bits per heavy atom. The zero-order chi connectivity index (χ0) is 8.77. The van der Waals surface area contributed by atoms with Crippen molar-refractivity contribution in [2.24, 2.45) is 11.8 Å². The molecule has 2 bridgehead atoms. The van der Waals surface area contributed by atoms with E-state index in [0.717, 1.165) is 6.42 Å². The molecule has 1 saturated carbocycles. The van der Waals surface area contributed by atoms with Crippen LogP contribution in [0.25, 0.3) is 0 Å². The van der Waals surface area contributed by atoms with E-state index in [4.69, 9.17) is 12.6 Å². The third-order valence-corrected chi connectivity index (χ3v) is 4.00. The van der Waals surface area contributed by atoms with Crippen LogP contribution in [-0.2, 0) is 4.74 Å². The third-order valence-electron chi connectivity index (χ3n) is 4.00. The topological polar surface area (TPSA) is 9.23 Å². The van der Waals surface area contributed by atoms with Crippen LogP contribution in [0.5, 0.6) is 0 Å². The maximum atomic E-state index is 5.95. The number of ether oxygens (including phenoxy) is 1. The Morgan fingerprint density at radius 3 is 2.92 bits per heavy atom. The molecule has 1 nitrogen and oxygen atoms in total. The van der Waals surface area contributed by atoms with E-state index in [1.807, 2.05) is 0 Å². The van der Waals surface area contributed by atoms with Crippen molar-refractivity contribution in [2.45, 2.75) is 51.1 Å². The van der Waals surface area contributed by atoms with E-state index in [9.17, 15) is 0 Å². The molecule has 1 aliphatic carbocycles. The molecule has 1 saturated heterocycles. The second-order valence-corrected chi connectivity index (χ2v) is 4.35. The average Bonchev–Trinajstić information content (AvgIpc) is 2.23. The van der Waals surface area contributed by atoms with E-state index in [0.29, 0.717) is 11.8 Å². The summed E-state index contributed by atoms with van der Waals surface area (Å²) in [7, 11) is 5.95. The van der Waals surface area contributed by atoms with Gasteiger partial charge in [-0.1, -0.05) is 20.3 Å². The van der Waals surface area contributed by atoms with E-state index in [2.05, 4.69) is 13.8 Å². The molecule has 0 aromatic heterocycles. The maximum absolute atomic E-state index is 5.95. The summed E-state index contributed by atoms with van der Waals surface area (Å²) in [6.07, 6.45) is 4.91. The van der Waals surface area contributed by atoms with Crippen molar-refractivity contribution < 1.29 is 4.74 Å². The zero-order valence-electron chi connectivity index (χ0n) is 8.05. The summed E-state index contributed by atoms with van der Waals surface area (Å²) in [5.41, 5.74) is 0.141. The van der Waals surface area contributed by atoms with Gasteiger partial charge in [0.2, 0.25) is 0 Å². The van der Waals surface area contributed by atoms with Gasteiger partial charge >= 0.3 is 0 Å². The lowest BCUT2D eigenvalue weighted by Gasteiger charge is -2.36. The van der Waals surface area contributed by atoms with Crippen molar-refractivity contribution >= 4 is 7.85 Å². The van der Waals surface area contributed by atoms with Gasteiger partial charge in [-0.15, -0.1) is 0 Å². The Morgan fingerprint density at radius 1 is 1.58 bits per heavy atom. The fourth-order valence-electron chi connectivity index (χ4n) is 3.06. The highest BCUT2D eigenvalue weighted by molar-refractivity contribution is 6.11. The monoisotopic (exact) mass is 164 g/mol. The Bertz CT molecular complexity index is 183. The van der Waals surface area contributed by atoms with Gasteiger partial charge in [0.25, 0.3) is 0 Å². The van der Waals surface area contributed by atoms with Gasteiger partial charge in [0.15, 0.2) is 0 Å². The molecule has 4 atom stereocenters. The Labute approximate surface area is 76.3 Å². The second-order valence-electron chi connectivity index (χ2n) is 4.35. The molecule has 2 fully saturated rings. The number of hydrogen-bond donors (Lipinski definition) is 0. The Balaban J connectivity index is 2.24. The molecule has 4 unspecified atom stereocenters. The number of rotatable bonds is 1. The van der Waals surface area contributed by atoms with Gasteiger partial charge in [-0.2, -0.15) is 0 Å². The molecule has 0 aromatic rings. The predicted molar refractivity (Wildman–Crippen MR) is 50.2 cm³/mol. The smallest absolute Gasteiger partial charge is 0.109 e. The summed E-state index contributed by atoms with van der Waals surface area (Å²) in [5, 5.41) is 0. The van der Waals surface area contributed by atoms with Crippen LogP contribution in [0.1, 0.15) is 39.5 Å². The summed E-state index contributed by atoms with van der Waals surface area (Å²) >= 11 is 0. The molecular formula is C10H17BO. The highest BCUT2D eigenvalue weighted by Gasteiger charge is 2.51. The molecule has 0 aromatic carbocycles. The lowest BCUT2D eigenvalue weighted by molar-refractivity contribution is -0.0414. The summed E-state index contributed by atoms with van der Waals surface area (Å²) in [5.74, 6) is 1.30. The molecule has 0 N–H and O–H groups in total. The van der Waals surface area contributed by atoms with E-state index < -0.39 is 0 Å². The van der Waals surface area contributed by atoms with E-state index in [1.165, 1.54) is 19.3 Å². The van der Waals surface area contributed by atoms with Crippen molar-refractivity contribution in [3.63, 3.8) is 0 Å². The first kappa shape index (κ1) is 8.62. The summed E-state index contributed by atoms with van der Waals surface area (Å²) in [6.45, 7) is 4.52. The van der Waals surface area contributed by atoms with Crippen LogP contribution < -0.4 is 0 Å². The fourth-order valence-corrected chi connectivity index (χ4v) is 3.06. The van der Waals surface area contributed by atoms with Crippen LogP contribution in [0.4, 0.5) is 0 Å². The quantitative estimate of drug-likeness (QED) is 0.539. The minimum atomic E-state index is 0.0162. The van der Waals surface area contributed by atoms with E-state index >= 15 is 0 Å². The normalized spacial score (nSPS) is 52.7. The summed E-state index contributed by atoms with van der Waals surface area (Å²) < 4.78 is 5.91. The first-order valence-electron chi connectivity index (χ1n) is 5.13. The molecule has 1 aliphatic heterocycles. The summed E-state index contributed by atoms with van der Waals surface area (Å²) in [4.78, 5) is 0. The maximum Gasteiger partial charge on any atom is 0.109 e. The SMILES string of the molecule is [B]C1OC2(CC)CCCC1C2C. The van der Waals surface area contributed by atoms with Crippen LogP contribution in [0.2, 0.25) is 0 Å². The van der Waals surface area contributed by atoms with Gasteiger partial charge in [-0.05, 0) is 31.1 Å². The molecular weight excluding hydrogens is 147 g/mol. The minimum absolute atomic E-state index is 0.0162. The van der Waals surface area contributed by atoms with Crippen LogP contribution in [0.3, 0.4) is 0 Å². The fraction of sp³-hybridized carbons (Fsp3) is 1.00. The lowest BCUT2D eigenvalue weighted by atomic mass is 9.68. The molecule has 2 heteroatoms. The van der Waals surface area contributed by atoms with E-state index in [-0.39, 0.29) is 11.6 Å². The zero-order valence-corrected chi connectivity index (χ0v) is 8.05. The van der Waals surface area contributed by atoms with Gasteiger partial charge in [-0.3, -0.25) is 0 Å². The summed E-state index contributed by atoms with van der Waals surface area (Å²) in [6, 6.07) is 0.0162. The van der Waals surface area contributed by atoms with Gasteiger partial charge in [0, 0.05) is 6.00 Å². The first-order valence-corrected chi connectivity index (χ1v) is 5.13. The van der Waals surface area contributed by atoms with Gasteiger partial charge in [0.1, 0.15) is 7.85 Å². The van der Waals surface area contributed by atoms with Crippen molar-refractivity contribution in [3.8, 4) is 0 Å². The van der Waals surface area contributed by atoms with Crippen molar-refractivity contribution in [3.05, 3.63) is 0 Å². The van der Waals surface area contributed by atoms with Crippen LogP contribution in [0, 0.1) is 11.8 Å². The molecule has 12 heavy (non-hydrogen) atoms. The molecule has 2 aliphatic rings. The highest BCUT2D eigenvalue weighted by atomic mass is 16.5. The molecule has 2 radical (unpaired) electrons. The third kappa shape index (κ3) is 0.969. The minimum Gasteiger partial charge on any atom is -0.381 e. The average molecular weight is 164 g/mol. The first-order chi connectivity index (χ1) is 5.69. The number of fused-ring (bicyclic) bond motifs is 2. The largest absolute Gasteiger partial charge is 0.381 e. The van der Waals surface area contributed by atoms with E-state index in [1.54, 1.807) is 0 Å².